The van der Waals surface area contributed by atoms with Crippen LogP contribution in [0, 0.1) is 12.8 Å². The Morgan fingerprint density at radius 2 is 2.33 bits per heavy atom. The van der Waals surface area contributed by atoms with Crippen molar-refractivity contribution in [3.8, 4) is 0 Å². The van der Waals surface area contributed by atoms with Crippen molar-refractivity contribution in [1.82, 2.24) is 9.55 Å². The zero-order valence-electron chi connectivity index (χ0n) is 8.04. The fourth-order valence-electron chi connectivity index (χ4n) is 1.16. The number of hydrogen-bond donors (Lipinski definition) is 1. The van der Waals surface area contributed by atoms with Crippen molar-refractivity contribution in [2.45, 2.75) is 33.7 Å². The molecule has 1 unspecified atom stereocenters. The molecule has 1 rings (SSSR count). The maximum Gasteiger partial charge on any atom is 0.200 e. The lowest BCUT2D eigenvalue weighted by Crippen LogP contribution is -2.10. The van der Waals surface area contributed by atoms with E-state index in [9.17, 15) is 0 Å². The molecule has 1 aromatic heterocycles. The molecule has 1 atom stereocenters. The van der Waals surface area contributed by atoms with E-state index in [4.69, 9.17) is 5.73 Å². The van der Waals surface area contributed by atoms with Gasteiger partial charge < -0.3 is 10.3 Å². The highest BCUT2D eigenvalue weighted by Crippen LogP contribution is 2.11. The highest BCUT2D eigenvalue weighted by molar-refractivity contribution is 5.21. The molecule has 68 valence electrons. The van der Waals surface area contributed by atoms with Crippen molar-refractivity contribution < 1.29 is 0 Å². The molecule has 0 bridgehead atoms. The third kappa shape index (κ3) is 1.78. The lowest BCUT2D eigenvalue weighted by molar-refractivity contribution is 0.467. The summed E-state index contributed by atoms with van der Waals surface area (Å²) < 4.78 is 2.06. The summed E-state index contributed by atoms with van der Waals surface area (Å²) in [5, 5.41) is 0. The zero-order valence-corrected chi connectivity index (χ0v) is 8.04. The van der Waals surface area contributed by atoms with Crippen LogP contribution in [0.3, 0.4) is 0 Å². The van der Waals surface area contributed by atoms with Crippen LogP contribution < -0.4 is 5.73 Å². The maximum atomic E-state index is 5.70. The third-order valence-electron chi connectivity index (χ3n) is 2.28. The van der Waals surface area contributed by atoms with Gasteiger partial charge in [0.2, 0.25) is 0 Å². The number of imidazole rings is 1. The predicted molar refractivity (Wildman–Crippen MR) is 50.8 cm³/mol. The second-order valence-corrected chi connectivity index (χ2v) is 3.38. The minimum atomic E-state index is 0.632. The topological polar surface area (TPSA) is 43.8 Å². The molecule has 2 N–H and O–H groups in total. The van der Waals surface area contributed by atoms with Gasteiger partial charge in [-0.05, 0) is 12.8 Å². The smallest absolute Gasteiger partial charge is 0.200 e. The van der Waals surface area contributed by atoms with Gasteiger partial charge in [-0.1, -0.05) is 20.3 Å². The summed E-state index contributed by atoms with van der Waals surface area (Å²) in [4.78, 5) is 4.04. The van der Waals surface area contributed by atoms with Crippen LogP contribution in [-0.4, -0.2) is 9.55 Å². The molecule has 0 fully saturated rings. The van der Waals surface area contributed by atoms with E-state index in [1.807, 2.05) is 13.1 Å². The van der Waals surface area contributed by atoms with Crippen LogP contribution in [0.25, 0.3) is 0 Å². The first-order valence-electron chi connectivity index (χ1n) is 4.42. The Bertz CT molecular complexity index is 233. The van der Waals surface area contributed by atoms with Gasteiger partial charge in [-0.25, -0.2) is 4.98 Å². The second kappa shape index (κ2) is 3.61. The van der Waals surface area contributed by atoms with E-state index >= 15 is 0 Å². The molecule has 0 radical (unpaired) electrons. The number of aryl methyl sites for hydroxylation is 1. The van der Waals surface area contributed by atoms with E-state index in [0.29, 0.717) is 11.9 Å². The number of anilines is 1. The van der Waals surface area contributed by atoms with Gasteiger partial charge in [0.15, 0.2) is 5.95 Å². The van der Waals surface area contributed by atoms with Gasteiger partial charge in [-0.15, -0.1) is 0 Å². The van der Waals surface area contributed by atoms with Crippen LogP contribution >= 0.6 is 0 Å². The number of nitrogens with zero attached hydrogens (tertiary/aromatic N) is 2. The Morgan fingerprint density at radius 3 is 2.75 bits per heavy atom. The van der Waals surface area contributed by atoms with E-state index in [1.54, 1.807) is 0 Å². The van der Waals surface area contributed by atoms with E-state index in [2.05, 4.69) is 23.4 Å². The number of hydrogen-bond acceptors (Lipinski definition) is 2. The molecule has 3 heteroatoms. The summed E-state index contributed by atoms with van der Waals surface area (Å²) in [6.07, 6.45) is 2.99. The van der Waals surface area contributed by atoms with Crippen molar-refractivity contribution in [2.75, 3.05) is 5.73 Å². The predicted octanol–water partition coefficient (Wildman–Crippen LogP) is 1.82. The van der Waals surface area contributed by atoms with E-state index in [1.165, 1.54) is 6.42 Å². The third-order valence-corrected chi connectivity index (χ3v) is 2.28. The molecular formula is C9H17N3. The summed E-state index contributed by atoms with van der Waals surface area (Å²) in [5.74, 6) is 1.30. The standard InChI is InChI=1S/C9H17N3/c1-4-7(2)6-12-8(3)5-11-9(12)10/h5,7H,4,6H2,1-3H3,(H2,10,11). The normalized spacial score (nSPS) is 13.2. The minimum Gasteiger partial charge on any atom is -0.369 e. The van der Waals surface area contributed by atoms with Gasteiger partial charge in [-0.2, -0.15) is 0 Å². The molecular weight excluding hydrogens is 150 g/mol. The molecule has 0 aliphatic carbocycles. The van der Waals surface area contributed by atoms with Crippen molar-refractivity contribution >= 4 is 5.95 Å². The van der Waals surface area contributed by atoms with Crippen molar-refractivity contribution in [3.63, 3.8) is 0 Å². The summed E-state index contributed by atoms with van der Waals surface area (Å²) in [5.41, 5.74) is 6.84. The van der Waals surface area contributed by atoms with Gasteiger partial charge in [0.1, 0.15) is 0 Å². The molecule has 0 amide bonds. The lowest BCUT2D eigenvalue weighted by atomic mass is 10.1. The van der Waals surface area contributed by atoms with Gasteiger partial charge in [0.05, 0.1) is 6.20 Å². The van der Waals surface area contributed by atoms with Crippen molar-refractivity contribution in [1.29, 1.82) is 0 Å². The van der Waals surface area contributed by atoms with Crippen molar-refractivity contribution in [3.05, 3.63) is 11.9 Å². The van der Waals surface area contributed by atoms with Gasteiger partial charge in [0, 0.05) is 12.2 Å². The molecule has 3 nitrogen and oxygen atoms in total. The maximum absolute atomic E-state index is 5.70. The fraction of sp³-hybridized carbons (Fsp3) is 0.667. The Kier molecular flexibility index (Phi) is 2.74. The fourth-order valence-corrected chi connectivity index (χ4v) is 1.16. The number of aromatic nitrogens is 2. The molecule has 0 aromatic carbocycles. The van der Waals surface area contributed by atoms with Crippen LogP contribution in [0.15, 0.2) is 6.20 Å². The van der Waals surface area contributed by atoms with Crippen LogP contribution in [0.5, 0.6) is 0 Å². The molecule has 0 aliphatic heterocycles. The monoisotopic (exact) mass is 167 g/mol. The minimum absolute atomic E-state index is 0.632. The molecule has 0 saturated heterocycles. The van der Waals surface area contributed by atoms with E-state index < -0.39 is 0 Å². The molecule has 12 heavy (non-hydrogen) atoms. The quantitative estimate of drug-likeness (QED) is 0.746. The summed E-state index contributed by atoms with van der Waals surface area (Å²) in [7, 11) is 0. The highest BCUT2D eigenvalue weighted by Gasteiger charge is 2.06. The summed E-state index contributed by atoms with van der Waals surface area (Å²) in [6, 6.07) is 0. The van der Waals surface area contributed by atoms with E-state index in [-0.39, 0.29) is 0 Å². The first-order chi connectivity index (χ1) is 5.65. The Morgan fingerprint density at radius 1 is 1.67 bits per heavy atom. The first-order valence-corrected chi connectivity index (χ1v) is 4.42. The lowest BCUT2D eigenvalue weighted by Gasteiger charge is -2.12. The molecule has 1 heterocycles. The van der Waals surface area contributed by atoms with Crippen LogP contribution in [0.1, 0.15) is 26.0 Å². The Balaban J connectivity index is 2.73. The second-order valence-electron chi connectivity index (χ2n) is 3.38. The van der Waals surface area contributed by atoms with Gasteiger partial charge in [-0.3, -0.25) is 0 Å². The van der Waals surface area contributed by atoms with Gasteiger partial charge in [0.25, 0.3) is 0 Å². The van der Waals surface area contributed by atoms with Crippen LogP contribution in [-0.2, 0) is 6.54 Å². The highest BCUT2D eigenvalue weighted by atomic mass is 15.1. The molecule has 0 saturated carbocycles. The first kappa shape index (κ1) is 9.10. The number of nitrogen functional groups attached to an aromatic ring is 1. The zero-order chi connectivity index (χ0) is 9.14. The summed E-state index contributed by atoms with van der Waals surface area (Å²) in [6.45, 7) is 7.42. The molecule has 0 spiro atoms. The van der Waals surface area contributed by atoms with E-state index in [0.717, 1.165) is 12.2 Å². The van der Waals surface area contributed by atoms with Crippen LogP contribution in [0.4, 0.5) is 5.95 Å². The average Bonchev–Trinajstić information content (AvgIpc) is 2.35. The summed E-state index contributed by atoms with van der Waals surface area (Å²) >= 11 is 0. The van der Waals surface area contributed by atoms with Gasteiger partial charge >= 0.3 is 0 Å². The average molecular weight is 167 g/mol. The Labute approximate surface area is 73.6 Å². The van der Waals surface area contributed by atoms with Crippen molar-refractivity contribution in [2.24, 2.45) is 5.92 Å². The number of nitrogens with two attached hydrogens (primary N) is 1. The van der Waals surface area contributed by atoms with Crippen LogP contribution in [0.2, 0.25) is 0 Å². The molecule has 0 aliphatic rings. The largest absolute Gasteiger partial charge is 0.369 e. The Hall–Kier alpha value is -0.990. The SMILES string of the molecule is CCC(C)Cn1c(C)cnc1N. The molecule has 1 aromatic rings. The number of rotatable bonds is 3.